The molecule has 2 aromatic carbocycles. The molecule has 2 heterocycles. The van der Waals surface area contributed by atoms with Gasteiger partial charge in [0.25, 0.3) is 0 Å². The molecule has 1 amide bonds. The molecule has 0 atom stereocenters. The molecule has 0 unspecified atom stereocenters. The Labute approximate surface area is 157 Å². The van der Waals surface area contributed by atoms with Crippen LogP contribution in [0, 0.1) is 6.92 Å². The molecule has 1 N–H and O–H groups in total. The summed E-state index contributed by atoms with van der Waals surface area (Å²) in [6.45, 7) is 2.73. The zero-order valence-electron chi connectivity index (χ0n) is 14.9. The number of hydrogen-bond acceptors (Lipinski definition) is 4. The summed E-state index contributed by atoms with van der Waals surface area (Å²) in [4.78, 5) is 12.3. The first-order valence-corrected chi connectivity index (χ1v) is 8.64. The lowest BCUT2D eigenvalue weighted by Gasteiger charge is -2.07. The third-order valence-electron chi connectivity index (χ3n) is 4.15. The number of ether oxygens (including phenoxy) is 2. The Kier molecular flexibility index (Phi) is 4.61. The smallest absolute Gasteiger partial charge is 0.249 e. The van der Waals surface area contributed by atoms with E-state index in [0.717, 1.165) is 22.6 Å². The fourth-order valence-corrected chi connectivity index (χ4v) is 2.88. The minimum atomic E-state index is -0.220. The van der Waals surface area contributed by atoms with E-state index in [1.807, 2.05) is 61.5 Å². The molecule has 136 valence electrons. The van der Waals surface area contributed by atoms with Gasteiger partial charge < -0.3 is 14.8 Å². The van der Waals surface area contributed by atoms with E-state index in [9.17, 15) is 4.79 Å². The van der Waals surface area contributed by atoms with E-state index in [4.69, 9.17) is 9.47 Å². The third-order valence-corrected chi connectivity index (χ3v) is 4.15. The van der Waals surface area contributed by atoms with Gasteiger partial charge in [0, 0.05) is 12.1 Å². The Morgan fingerprint density at radius 1 is 1.15 bits per heavy atom. The average molecular weight is 361 g/mol. The number of anilines is 1. The van der Waals surface area contributed by atoms with E-state index in [1.165, 1.54) is 6.08 Å². The van der Waals surface area contributed by atoms with E-state index in [-0.39, 0.29) is 12.7 Å². The predicted molar refractivity (Wildman–Crippen MR) is 103 cm³/mol. The molecular weight excluding hydrogens is 342 g/mol. The van der Waals surface area contributed by atoms with Gasteiger partial charge in [-0.15, -0.1) is 0 Å². The number of aromatic nitrogens is 2. The molecule has 0 radical (unpaired) electrons. The van der Waals surface area contributed by atoms with Gasteiger partial charge in [-0.1, -0.05) is 36.4 Å². The standard InChI is InChI=1S/C21H19N3O3/c1-15-11-20(24(23-15)13-17-5-3-2-4-6-17)22-21(25)10-8-16-7-9-18-19(12-16)27-14-26-18/h2-12H,13-14H2,1H3,(H,22,25)/b10-8+. The van der Waals surface area contributed by atoms with Gasteiger partial charge in [0.2, 0.25) is 12.7 Å². The van der Waals surface area contributed by atoms with Crippen LogP contribution in [0.5, 0.6) is 11.5 Å². The first-order chi connectivity index (χ1) is 13.2. The van der Waals surface area contributed by atoms with Gasteiger partial charge >= 0.3 is 0 Å². The maximum Gasteiger partial charge on any atom is 0.249 e. The van der Waals surface area contributed by atoms with Crippen LogP contribution < -0.4 is 14.8 Å². The molecule has 1 aliphatic heterocycles. The van der Waals surface area contributed by atoms with Crippen molar-refractivity contribution in [1.82, 2.24) is 9.78 Å². The molecule has 1 aromatic heterocycles. The third kappa shape index (κ3) is 4.00. The van der Waals surface area contributed by atoms with Crippen LogP contribution in [-0.4, -0.2) is 22.5 Å². The second-order valence-corrected chi connectivity index (χ2v) is 6.25. The van der Waals surface area contributed by atoms with Crippen molar-refractivity contribution in [3.63, 3.8) is 0 Å². The molecule has 0 aliphatic carbocycles. The Balaban J connectivity index is 1.45. The first-order valence-electron chi connectivity index (χ1n) is 8.64. The molecule has 0 saturated carbocycles. The molecule has 3 aromatic rings. The van der Waals surface area contributed by atoms with Gasteiger partial charge in [-0.05, 0) is 36.3 Å². The van der Waals surface area contributed by atoms with Crippen LogP contribution in [0.25, 0.3) is 6.08 Å². The van der Waals surface area contributed by atoms with Gasteiger partial charge in [0.05, 0.1) is 12.2 Å². The van der Waals surface area contributed by atoms with Crippen LogP contribution in [0.4, 0.5) is 5.82 Å². The molecular formula is C21H19N3O3. The topological polar surface area (TPSA) is 65.4 Å². The molecule has 0 bridgehead atoms. The molecule has 6 heteroatoms. The number of hydrogen-bond donors (Lipinski definition) is 1. The highest BCUT2D eigenvalue weighted by Gasteiger charge is 2.12. The largest absolute Gasteiger partial charge is 0.454 e. The quantitative estimate of drug-likeness (QED) is 0.705. The SMILES string of the molecule is Cc1cc(NC(=O)/C=C/c2ccc3c(c2)OCO3)n(Cc2ccccc2)n1. The zero-order valence-corrected chi connectivity index (χ0v) is 14.9. The maximum absolute atomic E-state index is 12.3. The lowest BCUT2D eigenvalue weighted by Crippen LogP contribution is -2.13. The Morgan fingerprint density at radius 3 is 2.81 bits per heavy atom. The number of fused-ring (bicyclic) bond motifs is 1. The maximum atomic E-state index is 12.3. The Morgan fingerprint density at radius 2 is 1.96 bits per heavy atom. The van der Waals surface area contributed by atoms with E-state index in [0.29, 0.717) is 18.1 Å². The fourth-order valence-electron chi connectivity index (χ4n) is 2.88. The van der Waals surface area contributed by atoms with Crippen LogP contribution in [0.2, 0.25) is 0 Å². The van der Waals surface area contributed by atoms with Crippen LogP contribution in [0.15, 0.2) is 60.7 Å². The van der Waals surface area contributed by atoms with Crippen molar-refractivity contribution >= 4 is 17.8 Å². The zero-order chi connectivity index (χ0) is 18.6. The van der Waals surface area contributed by atoms with Crippen molar-refractivity contribution in [2.24, 2.45) is 0 Å². The molecule has 0 fully saturated rings. The number of carbonyl (C=O) groups excluding carboxylic acids is 1. The van der Waals surface area contributed by atoms with Crippen molar-refractivity contribution in [2.45, 2.75) is 13.5 Å². The summed E-state index contributed by atoms with van der Waals surface area (Å²) in [5.74, 6) is 1.85. The number of amides is 1. The summed E-state index contributed by atoms with van der Waals surface area (Å²) in [5, 5.41) is 7.36. The Hall–Kier alpha value is -3.54. The van der Waals surface area contributed by atoms with E-state index >= 15 is 0 Å². The first kappa shape index (κ1) is 16.9. The van der Waals surface area contributed by atoms with E-state index in [1.54, 1.807) is 10.8 Å². The molecule has 1 aliphatic rings. The van der Waals surface area contributed by atoms with Crippen LogP contribution in [-0.2, 0) is 11.3 Å². The average Bonchev–Trinajstić information content (AvgIpc) is 3.27. The van der Waals surface area contributed by atoms with Crippen molar-refractivity contribution in [3.8, 4) is 11.5 Å². The molecule has 0 saturated heterocycles. The minimum absolute atomic E-state index is 0.220. The number of carbonyl (C=O) groups is 1. The van der Waals surface area contributed by atoms with Gasteiger partial charge in [-0.25, -0.2) is 4.68 Å². The molecule has 4 rings (SSSR count). The van der Waals surface area contributed by atoms with Gasteiger partial charge in [0.1, 0.15) is 5.82 Å². The number of rotatable bonds is 5. The van der Waals surface area contributed by atoms with Crippen molar-refractivity contribution < 1.29 is 14.3 Å². The van der Waals surface area contributed by atoms with E-state index in [2.05, 4.69) is 10.4 Å². The van der Waals surface area contributed by atoms with Gasteiger partial charge in [-0.3, -0.25) is 4.79 Å². The van der Waals surface area contributed by atoms with Crippen molar-refractivity contribution in [3.05, 3.63) is 77.5 Å². The minimum Gasteiger partial charge on any atom is -0.454 e. The lowest BCUT2D eigenvalue weighted by molar-refractivity contribution is -0.111. The van der Waals surface area contributed by atoms with Crippen LogP contribution in [0.1, 0.15) is 16.8 Å². The predicted octanol–water partition coefficient (Wildman–Crippen LogP) is 3.62. The lowest BCUT2D eigenvalue weighted by atomic mass is 10.2. The normalized spacial score (nSPS) is 12.5. The number of nitrogens with zero attached hydrogens (tertiary/aromatic N) is 2. The summed E-state index contributed by atoms with van der Waals surface area (Å²) in [6, 6.07) is 17.4. The highest BCUT2D eigenvalue weighted by molar-refractivity contribution is 6.01. The van der Waals surface area contributed by atoms with Gasteiger partial charge in [0.15, 0.2) is 11.5 Å². The highest BCUT2D eigenvalue weighted by atomic mass is 16.7. The second-order valence-electron chi connectivity index (χ2n) is 6.25. The fraction of sp³-hybridized carbons (Fsp3) is 0.143. The van der Waals surface area contributed by atoms with Crippen molar-refractivity contribution in [2.75, 3.05) is 12.1 Å². The summed E-state index contributed by atoms with van der Waals surface area (Å²) in [6.07, 6.45) is 3.23. The van der Waals surface area contributed by atoms with E-state index < -0.39 is 0 Å². The molecule has 6 nitrogen and oxygen atoms in total. The number of aryl methyl sites for hydroxylation is 1. The summed E-state index contributed by atoms with van der Waals surface area (Å²) in [7, 11) is 0. The summed E-state index contributed by atoms with van der Waals surface area (Å²) >= 11 is 0. The van der Waals surface area contributed by atoms with Crippen molar-refractivity contribution in [1.29, 1.82) is 0 Å². The molecule has 27 heavy (non-hydrogen) atoms. The monoisotopic (exact) mass is 361 g/mol. The van der Waals surface area contributed by atoms with Gasteiger partial charge in [-0.2, -0.15) is 5.10 Å². The van der Waals surface area contributed by atoms with Crippen LogP contribution in [0.3, 0.4) is 0 Å². The van der Waals surface area contributed by atoms with Crippen LogP contribution >= 0.6 is 0 Å². The Bertz CT molecular complexity index is 993. The second kappa shape index (κ2) is 7.37. The number of nitrogens with one attached hydrogen (secondary N) is 1. The number of benzene rings is 2. The highest BCUT2D eigenvalue weighted by Crippen LogP contribution is 2.32. The summed E-state index contributed by atoms with van der Waals surface area (Å²) in [5.41, 5.74) is 2.83. The summed E-state index contributed by atoms with van der Waals surface area (Å²) < 4.78 is 12.4. The molecule has 0 spiro atoms.